The van der Waals surface area contributed by atoms with Crippen LogP contribution in [0.4, 0.5) is 0 Å². The summed E-state index contributed by atoms with van der Waals surface area (Å²) >= 11 is 1.53. The first-order valence-electron chi connectivity index (χ1n) is 7.65. The summed E-state index contributed by atoms with van der Waals surface area (Å²) in [6.07, 6.45) is 3.31. The summed E-state index contributed by atoms with van der Waals surface area (Å²) in [5.74, 6) is 2.87. The Labute approximate surface area is 142 Å². The summed E-state index contributed by atoms with van der Waals surface area (Å²) < 4.78 is 16.6. The van der Waals surface area contributed by atoms with Crippen molar-refractivity contribution in [3.05, 3.63) is 48.2 Å². The predicted molar refractivity (Wildman–Crippen MR) is 89.8 cm³/mol. The van der Waals surface area contributed by atoms with E-state index < -0.39 is 0 Å². The molecule has 4 rings (SSSR count). The highest BCUT2D eigenvalue weighted by atomic mass is 32.2. The first-order chi connectivity index (χ1) is 11.8. The van der Waals surface area contributed by atoms with Gasteiger partial charge in [0.15, 0.2) is 11.5 Å². The number of hydrogen-bond acceptors (Lipinski definition) is 7. The smallest absolute Gasteiger partial charge is 0.276 e. The molecule has 3 heterocycles. The molecule has 0 spiro atoms. The van der Waals surface area contributed by atoms with Crippen molar-refractivity contribution in [3.63, 3.8) is 0 Å². The molecular formula is C17H15N3O3S. The van der Waals surface area contributed by atoms with Crippen LogP contribution in [0.15, 0.2) is 55.1 Å². The number of furan rings is 1. The molecule has 0 amide bonds. The molecule has 1 aromatic carbocycles. The molecule has 0 aliphatic heterocycles. The van der Waals surface area contributed by atoms with Gasteiger partial charge in [0.1, 0.15) is 11.3 Å². The van der Waals surface area contributed by atoms with E-state index in [1.807, 2.05) is 37.3 Å². The van der Waals surface area contributed by atoms with Crippen molar-refractivity contribution in [1.82, 2.24) is 15.2 Å². The number of rotatable bonds is 6. The minimum atomic E-state index is 0.489. The van der Waals surface area contributed by atoms with Crippen LogP contribution >= 0.6 is 11.8 Å². The number of aromatic nitrogens is 3. The lowest BCUT2D eigenvalue weighted by Gasteiger charge is -1.95. The maximum atomic E-state index is 5.70. The fourth-order valence-corrected chi connectivity index (χ4v) is 3.09. The fraction of sp³-hybridized carbons (Fsp3) is 0.235. The van der Waals surface area contributed by atoms with Gasteiger partial charge in [-0.1, -0.05) is 23.9 Å². The molecule has 7 heteroatoms. The highest BCUT2D eigenvalue weighted by Crippen LogP contribution is 2.26. The molecule has 0 atom stereocenters. The number of fused-ring (bicyclic) bond motifs is 1. The van der Waals surface area contributed by atoms with E-state index in [0.29, 0.717) is 11.1 Å². The zero-order valence-electron chi connectivity index (χ0n) is 13.1. The van der Waals surface area contributed by atoms with Crippen molar-refractivity contribution in [2.75, 3.05) is 5.75 Å². The molecule has 0 saturated carbocycles. The molecule has 4 aromatic rings. The predicted octanol–water partition coefficient (Wildman–Crippen LogP) is 4.50. The van der Waals surface area contributed by atoms with Crippen LogP contribution < -0.4 is 0 Å². The Morgan fingerprint density at radius 3 is 2.83 bits per heavy atom. The van der Waals surface area contributed by atoms with Gasteiger partial charge in [-0.2, -0.15) is 0 Å². The summed E-state index contributed by atoms with van der Waals surface area (Å²) in [5, 5.41) is 8.67. The summed E-state index contributed by atoms with van der Waals surface area (Å²) in [6.45, 7) is 1.87. The molecular weight excluding hydrogens is 326 g/mol. The maximum Gasteiger partial charge on any atom is 0.276 e. The van der Waals surface area contributed by atoms with E-state index in [-0.39, 0.29) is 0 Å². The van der Waals surface area contributed by atoms with E-state index in [2.05, 4.69) is 15.2 Å². The van der Waals surface area contributed by atoms with Crippen LogP contribution in [0.5, 0.6) is 0 Å². The normalized spacial score (nSPS) is 11.4. The molecule has 0 fully saturated rings. The Kier molecular flexibility index (Phi) is 4.08. The molecule has 0 N–H and O–H groups in total. The van der Waals surface area contributed by atoms with Crippen LogP contribution in [0.1, 0.15) is 18.1 Å². The average molecular weight is 341 g/mol. The Morgan fingerprint density at radius 2 is 2.00 bits per heavy atom. The summed E-state index contributed by atoms with van der Waals surface area (Å²) in [7, 11) is 0. The van der Waals surface area contributed by atoms with E-state index in [1.54, 1.807) is 6.26 Å². The van der Waals surface area contributed by atoms with E-state index in [9.17, 15) is 0 Å². The lowest BCUT2D eigenvalue weighted by Crippen LogP contribution is -1.87. The van der Waals surface area contributed by atoms with Gasteiger partial charge in [-0.3, -0.25) is 0 Å². The minimum Gasteiger partial charge on any atom is -0.469 e. The zero-order valence-corrected chi connectivity index (χ0v) is 13.9. The number of aryl methyl sites for hydroxylation is 2. The van der Waals surface area contributed by atoms with Gasteiger partial charge in [0.2, 0.25) is 0 Å². The largest absolute Gasteiger partial charge is 0.469 e. The molecule has 3 aromatic heterocycles. The van der Waals surface area contributed by atoms with Crippen LogP contribution in [0.2, 0.25) is 0 Å². The van der Waals surface area contributed by atoms with Crippen molar-refractivity contribution >= 4 is 22.9 Å². The van der Waals surface area contributed by atoms with Gasteiger partial charge in [-0.25, -0.2) is 4.98 Å². The van der Waals surface area contributed by atoms with Crippen LogP contribution in [-0.4, -0.2) is 20.9 Å². The van der Waals surface area contributed by atoms with Gasteiger partial charge in [0.05, 0.1) is 11.8 Å². The second kappa shape index (κ2) is 6.52. The number of nitrogens with zero attached hydrogens (tertiary/aromatic N) is 3. The topological polar surface area (TPSA) is 78.1 Å². The number of benzene rings is 1. The Balaban J connectivity index is 1.31. The fourth-order valence-electron chi connectivity index (χ4n) is 2.39. The first kappa shape index (κ1) is 15.0. The summed E-state index contributed by atoms with van der Waals surface area (Å²) in [4.78, 5) is 4.47. The van der Waals surface area contributed by atoms with Gasteiger partial charge in [0, 0.05) is 12.2 Å². The molecule has 6 nitrogen and oxygen atoms in total. The lowest BCUT2D eigenvalue weighted by molar-refractivity contribution is 0.463. The summed E-state index contributed by atoms with van der Waals surface area (Å²) in [6, 6.07) is 9.61. The Morgan fingerprint density at radius 1 is 1.08 bits per heavy atom. The van der Waals surface area contributed by atoms with E-state index in [4.69, 9.17) is 13.3 Å². The molecule has 0 saturated heterocycles. The second-order valence-electron chi connectivity index (χ2n) is 5.29. The average Bonchev–Trinajstić information content (AvgIpc) is 3.30. The van der Waals surface area contributed by atoms with E-state index in [0.717, 1.165) is 46.9 Å². The van der Waals surface area contributed by atoms with Crippen LogP contribution in [0.25, 0.3) is 22.6 Å². The minimum absolute atomic E-state index is 0.489. The van der Waals surface area contributed by atoms with E-state index in [1.165, 1.54) is 11.8 Å². The van der Waals surface area contributed by atoms with E-state index >= 15 is 0 Å². The maximum absolute atomic E-state index is 5.70. The summed E-state index contributed by atoms with van der Waals surface area (Å²) in [5.41, 5.74) is 2.56. The van der Waals surface area contributed by atoms with Gasteiger partial charge < -0.3 is 13.3 Å². The quantitative estimate of drug-likeness (QED) is 0.377. The number of hydrogen-bond donors (Lipinski definition) is 0. The molecule has 0 bridgehead atoms. The lowest BCUT2D eigenvalue weighted by atomic mass is 10.3. The van der Waals surface area contributed by atoms with Crippen molar-refractivity contribution in [2.45, 2.75) is 25.0 Å². The van der Waals surface area contributed by atoms with Crippen LogP contribution in [0.3, 0.4) is 0 Å². The molecule has 0 aliphatic rings. The third-order valence-corrected chi connectivity index (χ3v) is 4.50. The monoisotopic (exact) mass is 341 g/mol. The Hall–Kier alpha value is -2.54. The molecule has 24 heavy (non-hydrogen) atoms. The van der Waals surface area contributed by atoms with Crippen LogP contribution in [0, 0.1) is 6.92 Å². The van der Waals surface area contributed by atoms with Gasteiger partial charge in [-0.15, -0.1) is 10.2 Å². The highest BCUT2D eigenvalue weighted by molar-refractivity contribution is 7.99. The molecule has 0 radical (unpaired) electrons. The van der Waals surface area contributed by atoms with Crippen molar-refractivity contribution in [2.24, 2.45) is 0 Å². The van der Waals surface area contributed by atoms with Crippen molar-refractivity contribution in [1.29, 1.82) is 0 Å². The number of oxazole rings is 1. The third kappa shape index (κ3) is 3.07. The molecule has 0 unspecified atom stereocenters. The van der Waals surface area contributed by atoms with Gasteiger partial charge >= 0.3 is 0 Å². The Bertz CT molecular complexity index is 924. The van der Waals surface area contributed by atoms with Gasteiger partial charge in [-0.05, 0) is 31.5 Å². The highest BCUT2D eigenvalue weighted by Gasteiger charge is 2.13. The molecule has 0 aliphatic carbocycles. The van der Waals surface area contributed by atoms with Crippen molar-refractivity contribution in [3.8, 4) is 11.5 Å². The number of para-hydroxylation sites is 2. The van der Waals surface area contributed by atoms with Gasteiger partial charge in [0.25, 0.3) is 11.1 Å². The number of thioether (sulfide) groups is 1. The second-order valence-corrected chi connectivity index (χ2v) is 6.34. The molecule has 122 valence electrons. The van der Waals surface area contributed by atoms with Crippen molar-refractivity contribution < 1.29 is 13.3 Å². The standard InChI is InChI=1S/C17H15N3O3S/c1-11-12(8-9-21-11)16-19-20-17(23-16)24-10-4-7-15-18-13-5-2-3-6-14(13)22-15/h2-3,5-6,8-9H,4,7,10H2,1H3. The van der Waals surface area contributed by atoms with Crippen LogP contribution in [-0.2, 0) is 6.42 Å². The first-order valence-corrected chi connectivity index (χ1v) is 8.63. The SMILES string of the molecule is Cc1occc1-c1nnc(SCCCc2nc3ccccc3o2)o1. The zero-order chi connectivity index (χ0) is 16.4. The third-order valence-electron chi connectivity index (χ3n) is 3.59.